The number of urea groups is 1. The van der Waals surface area contributed by atoms with Crippen molar-refractivity contribution in [3.8, 4) is 0 Å². The summed E-state index contributed by atoms with van der Waals surface area (Å²) in [6, 6.07) is 10.6. The molecule has 0 aliphatic heterocycles. The van der Waals surface area contributed by atoms with Gasteiger partial charge in [0.1, 0.15) is 5.82 Å². The molecular weight excluding hydrogens is 320 g/mol. The van der Waals surface area contributed by atoms with Crippen LogP contribution in [0.15, 0.2) is 42.6 Å². The lowest BCUT2D eigenvalue weighted by Crippen LogP contribution is -2.30. The molecule has 1 aromatic carbocycles. The highest BCUT2D eigenvalue weighted by Gasteiger charge is 2.23. The van der Waals surface area contributed by atoms with Crippen molar-refractivity contribution in [3.63, 3.8) is 0 Å². The first-order valence-electron chi connectivity index (χ1n) is 8.22. The number of esters is 1. The molecule has 1 aromatic heterocycles. The number of benzene rings is 1. The lowest BCUT2D eigenvalue weighted by molar-refractivity contribution is 0.0526. The Morgan fingerprint density at radius 1 is 1.12 bits per heavy atom. The van der Waals surface area contributed by atoms with Gasteiger partial charge in [-0.25, -0.2) is 14.6 Å². The van der Waals surface area contributed by atoms with Crippen molar-refractivity contribution in [1.29, 1.82) is 0 Å². The standard InChI is InChI=1S/C18H20N4O3/c1-2-25-17(23)12-3-5-13(6-4-12)20-15-9-10-16(19-11-15)22-18(24)21-14-7-8-14/h3-6,9-11,14,20H,2,7-8H2,1H3,(H2,19,21,22,24). The Labute approximate surface area is 145 Å². The minimum Gasteiger partial charge on any atom is -0.462 e. The lowest BCUT2D eigenvalue weighted by Gasteiger charge is -2.09. The summed E-state index contributed by atoms with van der Waals surface area (Å²) in [6.07, 6.45) is 3.71. The molecule has 1 aliphatic carbocycles. The number of carbonyl (C=O) groups is 2. The van der Waals surface area contributed by atoms with Crippen molar-refractivity contribution in [2.24, 2.45) is 0 Å². The number of anilines is 3. The minimum atomic E-state index is -0.337. The Morgan fingerprint density at radius 3 is 2.44 bits per heavy atom. The molecule has 0 radical (unpaired) electrons. The van der Waals surface area contributed by atoms with E-state index >= 15 is 0 Å². The summed E-state index contributed by atoms with van der Waals surface area (Å²) in [7, 11) is 0. The average Bonchev–Trinajstić information content (AvgIpc) is 3.41. The molecule has 7 heteroatoms. The van der Waals surface area contributed by atoms with E-state index in [1.54, 1.807) is 43.5 Å². The fourth-order valence-electron chi connectivity index (χ4n) is 2.18. The van der Waals surface area contributed by atoms with E-state index in [0.29, 0.717) is 24.0 Å². The molecule has 0 bridgehead atoms. The second kappa shape index (κ2) is 7.65. The van der Waals surface area contributed by atoms with Crippen LogP contribution < -0.4 is 16.0 Å². The summed E-state index contributed by atoms with van der Waals surface area (Å²) < 4.78 is 4.95. The van der Waals surface area contributed by atoms with Gasteiger partial charge in [0.2, 0.25) is 0 Å². The molecule has 3 rings (SSSR count). The Hall–Kier alpha value is -3.09. The van der Waals surface area contributed by atoms with E-state index in [0.717, 1.165) is 24.2 Å². The summed E-state index contributed by atoms with van der Waals surface area (Å²) >= 11 is 0. The number of carbonyl (C=O) groups excluding carboxylic acids is 2. The van der Waals surface area contributed by atoms with Crippen LogP contribution in [0.1, 0.15) is 30.1 Å². The smallest absolute Gasteiger partial charge is 0.338 e. The number of hydrogen-bond donors (Lipinski definition) is 3. The maximum absolute atomic E-state index is 11.7. The Balaban J connectivity index is 1.55. The Morgan fingerprint density at radius 2 is 1.84 bits per heavy atom. The monoisotopic (exact) mass is 340 g/mol. The van der Waals surface area contributed by atoms with Crippen molar-refractivity contribution < 1.29 is 14.3 Å². The molecule has 1 aliphatic rings. The fraction of sp³-hybridized carbons (Fsp3) is 0.278. The molecule has 1 saturated carbocycles. The van der Waals surface area contributed by atoms with Gasteiger partial charge in [0.05, 0.1) is 24.1 Å². The van der Waals surface area contributed by atoms with E-state index < -0.39 is 0 Å². The number of amides is 2. The van der Waals surface area contributed by atoms with Gasteiger partial charge >= 0.3 is 12.0 Å². The molecule has 2 amide bonds. The van der Waals surface area contributed by atoms with Gasteiger partial charge < -0.3 is 15.4 Å². The SMILES string of the molecule is CCOC(=O)c1ccc(Nc2ccc(NC(=O)NC3CC3)nc2)cc1. The van der Waals surface area contributed by atoms with Gasteiger partial charge in [0, 0.05) is 11.7 Å². The summed E-state index contributed by atoms with van der Waals surface area (Å²) in [5, 5.41) is 8.71. The molecule has 0 unspecified atom stereocenters. The third kappa shape index (κ3) is 4.94. The fourth-order valence-corrected chi connectivity index (χ4v) is 2.18. The number of nitrogens with zero attached hydrogens (tertiary/aromatic N) is 1. The summed E-state index contributed by atoms with van der Waals surface area (Å²) in [5.41, 5.74) is 2.10. The van der Waals surface area contributed by atoms with Crippen LogP contribution in [0.4, 0.5) is 22.0 Å². The predicted molar refractivity (Wildman–Crippen MR) is 95.1 cm³/mol. The number of aromatic nitrogens is 1. The molecule has 1 fully saturated rings. The first-order chi connectivity index (χ1) is 12.1. The second-order valence-corrected chi connectivity index (χ2v) is 5.73. The molecular formula is C18H20N4O3. The van der Waals surface area contributed by atoms with Crippen LogP contribution in [-0.4, -0.2) is 29.6 Å². The van der Waals surface area contributed by atoms with E-state index in [1.165, 1.54) is 0 Å². The molecule has 130 valence electrons. The number of hydrogen-bond acceptors (Lipinski definition) is 5. The van der Waals surface area contributed by atoms with Gasteiger partial charge in [-0.15, -0.1) is 0 Å². The summed E-state index contributed by atoms with van der Waals surface area (Å²) in [5.74, 6) is 0.150. The zero-order chi connectivity index (χ0) is 17.6. The normalized spacial score (nSPS) is 13.0. The number of nitrogens with one attached hydrogen (secondary N) is 3. The zero-order valence-corrected chi connectivity index (χ0v) is 13.9. The first kappa shape index (κ1) is 16.8. The molecule has 0 atom stereocenters. The molecule has 7 nitrogen and oxygen atoms in total. The van der Waals surface area contributed by atoms with Crippen LogP contribution in [0.5, 0.6) is 0 Å². The highest BCUT2D eigenvalue weighted by molar-refractivity contribution is 5.90. The van der Waals surface area contributed by atoms with Crippen LogP contribution in [0.25, 0.3) is 0 Å². The molecule has 25 heavy (non-hydrogen) atoms. The average molecular weight is 340 g/mol. The molecule has 0 saturated heterocycles. The van der Waals surface area contributed by atoms with Gasteiger partial charge in [0.15, 0.2) is 0 Å². The van der Waals surface area contributed by atoms with Crippen LogP contribution in [0.2, 0.25) is 0 Å². The second-order valence-electron chi connectivity index (χ2n) is 5.73. The molecule has 3 N–H and O–H groups in total. The maximum atomic E-state index is 11.7. The molecule has 1 heterocycles. The number of ether oxygens (including phenoxy) is 1. The van der Waals surface area contributed by atoms with Crippen LogP contribution >= 0.6 is 0 Å². The quantitative estimate of drug-likeness (QED) is 0.702. The molecule has 2 aromatic rings. The van der Waals surface area contributed by atoms with Gasteiger partial charge in [0.25, 0.3) is 0 Å². The summed E-state index contributed by atoms with van der Waals surface area (Å²) in [4.78, 5) is 27.5. The number of pyridine rings is 1. The van der Waals surface area contributed by atoms with Gasteiger partial charge in [-0.3, -0.25) is 5.32 Å². The van der Waals surface area contributed by atoms with Crippen molar-refractivity contribution >= 4 is 29.2 Å². The third-order valence-corrected chi connectivity index (χ3v) is 3.60. The summed E-state index contributed by atoms with van der Waals surface area (Å²) in [6.45, 7) is 2.12. The largest absolute Gasteiger partial charge is 0.462 e. The zero-order valence-electron chi connectivity index (χ0n) is 13.9. The van der Waals surface area contributed by atoms with E-state index in [1.807, 2.05) is 6.07 Å². The van der Waals surface area contributed by atoms with E-state index in [4.69, 9.17) is 4.74 Å². The van der Waals surface area contributed by atoms with Crippen LogP contribution in [0, 0.1) is 0 Å². The highest BCUT2D eigenvalue weighted by atomic mass is 16.5. The van der Waals surface area contributed by atoms with Crippen LogP contribution in [-0.2, 0) is 4.74 Å². The first-order valence-corrected chi connectivity index (χ1v) is 8.22. The van der Waals surface area contributed by atoms with Crippen molar-refractivity contribution in [1.82, 2.24) is 10.3 Å². The van der Waals surface area contributed by atoms with E-state index in [9.17, 15) is 9.59 Å². The third-order valence-electron chi connectivity index (χ3n) is 3.60. The van der Waals surface area contributed by atoms with Crippen molar-refractivity contribution in [3.05, 3.63) is 48.2 Å². The van der Waals surface area contributed by atoms with E-state index in [2.05, 4.69) is 20.9 Å². The van der Waals surface area contributed by atoms with Gasteiger partial charge in [-0.1, -0.05) is 0 Å². The van der Waals surface area contributed by atoms with Crippen LogP contribution in [0.3, 0.4) is 0 Å². The topological polar surface area (TPSA) is 92.4 Å². The van der Waals surface area contributed by atoms with Gasteiger partial charge in [-0.05, 0) is 56.2 Å². The van der Waals surface area contributed by atoms with Gasteiger partial charge in [-0.2, -0.15) is 0 Å². The number of rotatable bonds is 6. The molecule has 0 spiro atoms. The lowest BCUT2D eigenvalue weighted by atomic mass is 10.2. The Kier molecular flexibility index (Phi) is 5.13. The predicted octanol–water partition coefficient (Wildman–Crippen LogP) is 3.29. The minimum absolute atomic E-state index is 0.231. The van der Waals surface area contributed by atoms with E-state index in [-0.39, 0.29) is 12.0 Å². The Bertz CT molecular complexity index is 740. The van der Waals surface area contributed by atoms with Crippen molar-refractivity contribution in [2.75, 3.05) is 17.2 Å². The highest BCUT2D eigenvalue weighted by Crippen LogP contribution is 2.20. The van der Waals surface area contributed by atoms with Crippen molar-refractivity contribution in [2.45, 2.75) is 25.8 Å². The maximum Gasteiger partial charge on any atom is 0.338 e.